The number of hydrogen-bond acceptors (Lipinski definition) is 5. The van der Waals surface area contributed by atoms with Crippen LogP contribution >= 0.6 is 0 Å². The SMILES string of the molecule is O=C(NC1CCCCC1O)c1cnc(OCC2CC2)c(-c2ccc(OC(F)(F)F)cc2)c1. The van der Waals surface area contributed by atoms with E-state index in [1.807, 2.05) is 0 Å². The standard InChI is InChI=1S/C23H25F3N2O4/c24-23(25,26)32-17-9-7-15(8-10-17)18-11-16(12-27-22(18)31-13-14-5-6-14)21(30)28-19-3-1-2-4-20(19)29/h7-12,14,19-20,29H,1-6,13H2,(H,28,30). The molecule has 9 heteroatoms. The molecule has 1 heterocycles. The van der Waals surface area contributed by atoms with Crippen LogP contribution in [0.3, 0.4) is 0 Å². The number of nitrogens with one attached hydrogen (secondary N) is 1. The number of carbonyl (C=O) groups is 1. The molecule has 6 nitrogen and oxygen atoms in total. The average Bonchev–Trinajstić information content (AvgIpc) is 3.58. The van der Waals surface area contributed by atoms with Crippen molar-refractivity contribution in [3.8, 4) is 22.8 Å². The first-order valence-electron chi connectivity index (χ1n) is 10.8. The Morgan fingerprint density at radius 1 is 1.12 bits per heavy atom. The Hall–Kier alpha value is -2.81. The summed E-state index contributed by atoms with van der Waals surface area (Å²) in [6, 6.07) is 6.64. The van der Waals surface area contributed by atoms with Crippen molar-refractivity contribution in [2.24, 2.45) is 5.92 Å². The minimum absolute atomic E-state index is 0.284. The average molecular weight is 450 g/mol. The number of hydrogen-bond donors (Lipinski definition) is 2. The molecule has 2 unspecified atom stereocenters. The van der Waals surface area contributed by atoms with Crippen molar-refractivity contribution < 1.29 is 32.5 Å². The fraction of sp³-hybridized carbons (Fsp3) is 0.478. The lowest BCUT2D eigenvalue weighted by Gasteiger charge is -2.28. The molecule has 1 aromatic carbocycles. The first-order chi connectivity index (χ1) is 15.3. The summed E-state index contributed by atoms with van der Waals surface area (Å²) in [5.41, 5.74) is 1.33. The van der Waals surface area contributed by atoms with Gasteiger partial charge in [-0.1, -0.05) is 25.0 Å². The minimum atomic E-state index is -4.77. The van der Waals surface area contributed by atoms with Gasteiger partial charge in [0, 0.05) is 11.8 Å². The van der Waals surface area contributed by atoms with Gasteiger partial charge in [0.05, 0.1) is 24.3 Å². The summed E-state index contributed by atoms with van der Waals surface area (Å²) < 4.78 is 47.1. The topological polar surface area (TPSA) is 80.7 Å². The van der Waals surface area contributed by atoms with Gasteiger partial charge >= 0.3 is 6.36 Å². The number of rotatable bonds is 7. The molecular weight excluding hydrogens is 425 g/mol. The molecule has 0 bridgehead atoms. The minimum Gasteiger partial charge on any atom is -0.477 e. The van der Waals surface area contributed by atoms with Gasteiger partial charge < -0.3 is 19.9 Å². The fourth-order valence-electron chi connectivity index (χ4n) is 3.75. The second-order valence-corrected chi connectivity index (χ2v) is 8.34. The Labute approximate surface area is 183 Å². The number of carbonyl (C=O) groups excluding carboxylic acids is 1. The molecule has 1 amide bonds. The van der Waals surface area contributed by atoms with Gasteiger partial charge in [0.15, 0.2) is 0 Å². The molecule has 0 radical (unpaired) electrons. The highest BCUT2D eigenvalue weighted by atomic mass is 19.4. The molecule has 172 valence electrons. The van der Waals surface area contributed by atoms with Gasteiger partial charge in [-0.05, 0) is 55.4 Å². The molecule has 2 aliphatic rings. The van der Waals surface area contributed by atoms with Crippen LogP contribution in [0.5, 0.6) is 11.6 Å². The number of pyridine rings is 1. The largest absolute Gasteiger partial charge is 0.573 e. The van der Waals surface area contributed by atoms with E-state index < -0.39 is 12.5 Å². The van der Waals surface area contributed by atoms with Gasteiger partial charge in [0.1, 0.15) is 5.75 Å². The number of aliphatic hydroxyl groups excluding tert-OH is 1. The predicted molar refractivity (Wildman–Crippen MR) is 110 cm³/mol. The Bertz CT molecular complexity index is 945. The quantitative estimate of drug-likeness (QED) is 0.651. The highest BCUT2D eigenvalue weighted by Crippen LogP contribution is 2.34. The first kappa shape index (κ1) is 22.4. The van der Waals surface area contributed by atoms with Crippen LogP contribution in [-0.2, 0) is 0 Å². The molecule has 2 N–H and O–H groups in total. The zero-order valence-electron chi connectivity index (χ0n) is 17.4. The van der Waals surface area contributed by atoms with E-state index in [0.717, 1.165) is 25.7 Å². The number of ether oxygens (including phenoxy) is 2. The van der Waals surface area contributed by atoms with Crippen LogP contribution in [0.2, 0.25) is 0 Å². The van der Waals surface area contributed by atoms with E-state index >= 15 is 0 Å². The predicted octanol–water partition coefficient (Wildman–Crippen LogP) is 4.47. The highest BCUT2D eigenvalue weighted by molar-refractivity contribution is 5.95. The van der Waals surface area contributed by atoms with E-state index in [0.29, 0.717) is 42.4 Å². The van der Waals surface area contributed by atoms with E-state index in [2.05, 4.69) is 15.0 Å². The lowest BCUT2D eigenvalue weighted by Crippen LogP contribution is -2.45. The van der Waals surface area contributed by atoms with Gasteiger partial charge in [0.25, 0.3) is 5.91 Å². The number of amides is 1. The maximum absolute atomic E-state index is 12.8. The Balaban J connectivity index is 1.57. The van der Waals surface area contributed by atoms with Crippen molar-refractivity contribution in [2.45, 2.75) is 57.0 Å². The molecule has 0 saturated heterocycles. The fourth-order valence-corrected chi connectivity index (χ4v) is 3.75. The van der Waals surface area contributed by atoms with Crippen LogP contribution in [0.1, 0.15) is 48.9 Å². The molecule has 1 aromatic heterocycles. The number of aliphatic hydroxyl groups is 1. The maximum atomic E-state index is 12.8. The lowest BCUT2D eigenvalue weighted by molar-refractivity contribution is -0.274. The molecule has 2 fully saturated rings. The van der Waals surface area contributed by atoms with Gasteiger partial charge in [-0.2, -0.15) is 0 Å². The van der Waals surface area contributed by atoms with Crippen LogP contribution in [-0.4, -0.2) is 41.1 Å². The van der Waals surface area contributed by atoms with Crippen molar-refractivity contribution in [2.75, 3.05) is 6.61 Å². The molecule has 4 rings (SSSR count). The van der Waals surface area contributed by atoms with E-state index in [-0.39, 0.29) is 23.3 Å². The highest BCUT2D eigenvalue weighted by Gasteiger charge is 2.31. The zero-order valence-corrected chi connectivity index (χ0v) is 17.4. The van der Waals surface area contributed by atoms with Crippen LogP contribution in [0.4, 0.5) is 13.2 Å². The van der Waals surface area contributed by atoms with Crippen LogP contribution < -0.4 is 14.8 Å². The Morgan fingerprint density at radius 2 is 1.84 bits per heavy atom. The zero-order chi connectivity index (χ0) is 22.7. The monoisotopic (exact) mass is 450 g/mol. The van der Waals surface area contributed by atoms with E-state index in [9.17, 15) is 23.1 Å². The number of benzene rings is 1. The number of halogens is 3. The molecule has 2 saturated carbocycles. The third-order valence-electron chi connectivity index (χ3n) is 5.71. The number of alkyl halides is 3. The van der Waals surface area contributed by atoms with Crippen LogP contribution in [0.25, 0.3) is 11.1 Å². The van der Waals surface area contributed by atoms with Crippen molar-refractivity contribution >= 4 is 5.91 Å². The van der Waals surface area contributed by atoms with Gasteiger partial charge in [-0.25, -0.2) is 4.98 Å². The Kier molecular flexibility index (Phi) is 6.55. The first-order valence-corrected chi connectivity index (χ1v) is 10.8. The lowest BCUT2D eigenvalue weighted by atomic mass is 9.92. The number of aromatic nitrogens is 1. The van der Waals surface area contributed by atoms with Gasteiger partial charge in [0.2, 0.25) is 5.88 Å². The summed E-state index contributed by atoms with van der Waals surface area (Å²) >= 11 is 0. The third-order valence-corrected chi connectivity index (χ3v) is 5.71. The van der Waals surface area contributed by atoms with Crippen molar-refractivity contribution in [1.82, 2.24) is 10.3 Å². The van der Waals surface area contributed by atoms with Gasteiger partial charge in [-0.3, -0.25) is 4.79 Å². The summed E-state index contributed by atoms with van der Waals surface area (Å²) in [4.78, 5) is 17.1. The van der Waals surface area contributed by atoms with Crippen molar-refractivity contribution in [3.63, 3.8) is 0 Å². The molecule has 2 aromatic rings. The number of nitrogens with zero attached hydrogens (tertiary/aromatic N) is 1. The van der Waals surface area contributed by atoms with E-state index in [1.54, 1.807) is 6.07 Å². The molecule has 0 aliphatic heterocycles. The maximum Gasteiger partial charge on any atom is 0.573 e. The third kappa shape index (κ3) is 5.91. The van der Waals surface area contributed by atoms with E-state index in [1.165, 1.54) is 30.5 Å². The summed E-state index contributed by atoms with van der Waals surface area (Å²) in [5, 5.41) is 13.0. The summed E-state index contributed by atoms with van der Waals surface area (Å²) in [5.74, 6) is 0.0870. The summed E-state index contributed by atoms with van der Waals surface area (Å²) in [7, 11) is 0. The molecule has 32 heavy (non-hydrogen) atoms. The van der Waals surface area contributed by atoms with Crippen molar-refractivity contribution in [1.29, 1.82) is 0 Å². The second-order valence-electron chi connectivity index (χ2n) is 8.34. The van der Waals surface area contributed by atoms with Crippen molar-refractivity contribution in [3.05, 3.63) is 42.1 Å². The molecule has 0 spiro atoms. The molecule has 2 atom stereocenters. The smallest absolute Gasteiger partial charge is 0.477 e. The summed E-state index contributed by atoms with van der Waals surface area (Å²) in [6.45, 7) is 0.495. The normalized spacial score (nSPS) is 21.1. The Morgan fingerprint density at radius 3 is 2.50 bits per heavy atom. The summed E-state index contributed by atoms with van der Waals surface area (Å²) in [6.07, 6.45) is 1.45. The molecular formula is C23H25F3N2O4. The van der Waals surface area contributed by atoms with E-state index in [4.69, 9.17) is 4.74 Å². The van der Waals surface area contributed by atoms with Gasteiger partial charge in [-0.15, -0.1) is 13.2 Å². The van der Waals surface area contributed by atoms with Crippen LogP contribution in [0, 0.1) is 5.92 Å². The second kappa shape index (κ2) is 9.36. The van der Waals surface area contributed by atoms with Crippen LogP contribution in [0.15, 0.2) is 36.5 Å². The molecule has 2 aliphatic carbocycles.